The van der Waals surface area contributed by atoms with Gasteiger partial charge in [0.1, 0.15) is 0 Å². The molecule has 0 aromatic carbocycles. The van der Waals surface area contributed by atoms with E-state index in [1.807, 2.05) is 0 Å². The molecular weight excluding hydrogens is 240 g/mol. The van der Waals surface area contributed by atoms with E-state index in [0.717, 1.165) is 19.5 Å². The number of hydrogen-bond acceptors (Lipinski definition) is 3. The van der Waals surface area contributed by atoms with E-state index in [2.05, 4.69) is 31.4 Å². The predicted molar refractivity (Wildman–Crippen MR) is 78.1 cm³/mol. The number of nitrogens with one attached hydrogen (secondary N) is 2. The molecule has 1 fully saturated rings. The lowest BCUT2D eigenvalue weighted by molar-refractivity contribution is -0.122. The van der Waals surface area contributed by atoms with Crippen LogP contribution < -0.4 is 10.6 Å². The van der Waals surface area contributed by atoms with E-state index in [1.54, 1.807) is 7.11 Å². The van der Waals surface area contributed by atoms with Gasteiger partial charge in [0.15, 0.2) is 0 Å². The summed E-state index contributed by atoms with van der Waals surface area (Å²) in [5.41, 5.74) is 0.0526. The van der Waals surface area contributed by atoms with Crippen LogP contribution in [0.5, 0.6) is 0 Å². The van der Waals surface area contributed by atoms with Crippen LogP contribution >= 0.6 is 0 Å². The van der Waals surface area contributed by atoms with Crippen molar-refractivity contribution >= 4 is 5.91 Å². The fourth-order valence-corrected chi connectivity index (χ4v) is 2.54. The van der Waals surface area contributed by atoms with Gasteiger partial charge in [0.05, 0.1) is 6.10 Å². The zero-order chi connectivity index (χ0) is 14.3. The first-order valence-corrected chi connectivity index (χ1v) is 7.43. The van der Waals surface area contributed by atoms with Crippen LogP contribution in [0.1, 0.15) is 46.5 Å². The third-order valence-electron chi connectivity index (χ3n) is 3.97. The molecule has 1 atom stereocenters. The Morgan fingerprint density at radius 3 is 2.53 bits per heavy atom. The molecule has 0 aromatic heterocycles. The fraction of sp³-hybridized carbons (Fsp3) is 0.933. The van der Waals surface area contributed by atoms with E-state index < -0.39 is 0 Å². The zero-order valence-electron chi connectivity index (χ0n) is 12.9. The highest BCUT2D eigenvalue weighted by molar-refractivity contribution is 5.75. The topological polar surface area (TPSA) is 50.4 Å². The molecule has 1 amide bonds. The van der Waals surface area contributed by atoms with Crippen molar-refractivity contribution < 1.29 is 9.53 Å². The number of ether oxygens (including phenoxy) is 1. The lowest BCUT2D eigenvalue weighted by Gasteiger charge is -2.29. The molecule has 1 heterocycles. The second kappa shape index (κ2) is 7.85. The number of hydrogen-bond donors (Lipinski definition) is 2. The monoisotopic (exact) mass is 270 g/mol. The molecule has 0 spiro atoms. The van der Waals surface area contributed by atoms with Crippen LogP contribution in [0.3, 0.4) is 0 Å². The van der Waals surface area contributed by atoms with Crippen molar-refractivity contribution in [2.24, 2.45) is 11.3 Å². The Kier molecular flexibility index (Phi) is 6.80. The van der Waals surface area contributed by atoms with Gasteiger partial charge in [0, 0.05) is 20.1 Å². The number of carbonyl (C=O) groups excluding carboxylic acids is 1. The summed E-state index contributed by atoms with van der Waals surface area (Å²) in [6.07, 6.45) is 4.13. The standard InChI is InChI=1S/C15H30N2O2/c1-15(2,3)13(19-4)11-17-14(18)6-5-12-7-9-16-10-8-12/h12-13,16H,5-11H2,1-4H3,(H,17,18). The average molecular weight is 270 g/mol. The van der Waals surface area contributed by atoms with Crippen molar-refractivity contribution in [1.29, 1.82) is 0 Å². The van der Waals surface area contributed by atoms with E-state index in [4.69, 9.17) is 4.74 Å². The average Bonchev–Trinajstić information content (AvgIpc) is 2.36. The minimum Gasteiger partial charge on any atom is -0.379 e. The van der Waals surface area contributed by atoms with Crippen molar-refractivity contribution in [3.05, 3.63) is 0 Å². The summed E-state index contributed by atoms with van der Waals surface area (Å²) in [6, 6.07) is 0. The summed E-state index contributed by atoms with van der Waals surface area (Å²) in [5.74, 6) is 0.873. The van der Waals surface area contributed by atoms with Crippen LogP contribution in [0.4, 0.5) is 0 Å². The van der Waals surface area contributed by atoms with Gasteiger partial charge in [-0.15, -0.1) is 0 Å². The molecule has 4 nitrogen and oxygen atoms in total. The van der Waals surface area contributed by atoms with Gasteiger partial charge >= 0.3 is 0 Å². The number of methoxy groups -OCH3 is 1. The summed E-state index contributed by atoms with van der Waals surface area (Å²) < 4.78 is 5.44. The lowest BCUT2D eigenvalue weighted by atomic mass is 9.89. The van der Waals surface area contributed by atoms with Crippen LogP contribution in [0.25, 0.3) is 0 Å². The first-order valence-electron chi connectivity index (χ1n) is 7.43. The summed E-state index contributed by atoms with van der Waals surface area (Å²) in [5, 5.41) is 6.35. The van der Waals surface area contributed by atoms with Crippen LogP contribution in [0.15, 0.2) is 0 Å². The van der Waals surface area contributed by atoms with Gasteiger partial charge in [-0.3, -0.25) is 4.79 Å². The summed E-state index contributed by atoms with van der Waals surface area (Å²) in [7, 11) is 1.71. The van der Waals surface area contributed by atoms with E-state index in [9.17, 15) is 4.79 Å². The van der Waals surface area contributed by atoms with E-state index in [-0.39, 0.29) is 17.4 Å². The molecule has 4 heteroatoms. The van der Waals surface area contributed by atoms with Gasteiger partial charge in [-0.25, -0.2) is 0 Å². The van der Waals surface area contributed by atoms with Crippen molar-refractivity contribution in [2.75, 3.05) is 26.7 Å². The molecule has 1 saturated heterocycles. The predicted octanol–water partition coefficient (Wildman–Crippen LogP) is 1.94. The maximum Gasteiger partial charge on any atom is 0.220 e. The first-order chi connectivity index (χ1) is 8.93. The molecule has 1 aliphatic heterocycles. The normalized spacial score (nSPS) is 19.2. The van der Waals surface area contributed by atoms with Crippen molar-refractivity contribution in [3.8, 4) is 0 Å². The highest BCUT2D eigenvalue weighted by atomic mass is 16.5. The van der Waals surface area contributed by atoms with E-state index in [1.165, 1.54) is 12.8 Å². The third-order valence-corrected chi connectivity index (χ3v) is 3.97. The second-order valence-corrected chi connectivity index (χ2v) is 6.63. The van der Waals surface area contributed by atoms with Crippen molar-refractivity contribution in [3.63, 3.8) is 0 Å². The van der Waals surface area contributed by atoms with Gasteiger partial charge in [-0.2, -0.15) is 0 Å². The highest BCUT2D eigenvalue weighted by Crippen LogP contribution is 2.21. The molecule has 0 aromatic rings. The van der Waals surface area contributed by atoms with Gasteiger partial charge in [0.25, 0.3) is 0 Å². The highest BCUT2D eigenvalue weighted by Gasteiger charge is 2.24. The Hall–Kier alpha value is -0.610. The van der Waals surface area contributed by atoms with Crippen LogP contribution in [0.2, 0.25) is 0 Å². The van der Waals surface area contributed by atoms with Gasteiger partial charge < -0.3 is 15.4 Å². The van der Waals surface area contributed by atoms with Crippen molar-refractivity contribution in [2.45, 2.75) is 52.6 Å². The van der Waals surface area contributed by atoms with Gasteiger partial charge in [-0.05, 0) is 43.7 Å². The molecular formula is C15H30N2O2. The largest absolute Gasteiger partial charge is 0.379 e. The Bertz CT molecular complexity index is 268. The van der Waals surface area contributed by atoms with E-state index >= 15 is 0 Å². The smallest absolute Gasteiger partial charge is 0.220 e. The molecule has 2 N–H and O–H groups in total. The summed E-state index contributed by atoms with van der Waals surface area (Å²) in [6.45, 7) is 9.18. The number of piperidine rings is 1. The van der Waals surface area contributed by atoms with Crippen LogP contribution in [-0.4, -0.2) is 38.8 Å². The van der Waals surface area contributed by atoms with Crippen LogP contribution in [0, 0.1) is 11.3 Å². The molecule has 1 rings (SSSR count). The number of carbonyl (C=O) groups is 1. The maximum atomic E-state index is 11.9. The molecule has 19 heavy (non-hydrogen) atoms. The fourth-order valence-electron chi connectivity index (χ4n) is 2.54. The summed E-state index contributed by atoms with van der Waals surface area (Å²) in [4.78, 5) is 11.9. The number of rotatable bonds is 6. The number of amides is 1. The Morgan fingerprint density at radius 1 is 1.37 bits per heavy atom. The maximum absolute atomic E-state index is 11.9. The Morgan fingerprint density at radius 2 is 2.00 bits per heavy atom. The minimum atomic E-state index is 0.0526. The minimum absolute atomic E-state index is 0.0526. The van der Waals surface area contributed by atoms with Gasteiger partial charge in [-0.1, -0.05) is 20.8 Å². The Labute approximate surface area is 117 Å². The van der Waals surface area contributed by atoms with Crippen LogP contribution in [-0.2, 0) is 9.53 Å². The van der Waals surface area contributed by atoms with E-state index in [0.29, 0.717) is 18.9 Å². The molecule has 112 valence electrons. The first kappa shape index (κ1) is 16.4. The molecule has 1 unspecified atom stereocenters. The Balaban J connectivity index is 2.19. The third kappa shape index (κ3) is 6.39. The quantitative estimate of drug-likeness (QED) is 0.775. The second-order valence-electron chi connectivity index (χ2n) is 6.63. The summed E-state index contributed by atoms with van der Waals surface area (Å²) >= 11 is 0. The molecule has 0 aliphatic carbocycles. The lowest BCUT2D eigenvalue weighted by Crippen LogP contribution is -2.40. The van der Waals surface area contributed by atoms with Gasteiger partial charge in [0.2, 0.25) is 5.91 Å². The molecule has 0 saturated carbocycles. The zero-order valence-corrected chi connectivity index (χ0v) is 12.9. The molecule has 0 bridgehead atoms. The molecule has 1 aliphatic rings. The SMILES string of the molecule is COC(CNC(=O)CCC1CCNCC1)C(C)(C)C. The molecule has 0 radical (unpaired) electrons. The van der Waals surface area contributed by atoms with Crippen molar-refractivity contribution in [1.82, 2.24) is 10.6 Å².